The fourth-order valence-corrected chi connectivity index (χ4v) is 3.62. The third-order valence-electron chi connectivity index (χ3n) is 4.19. The highest BCUT2D eigenvalue weighted by Gasteiger charge is 2.31. The van der Waals surface area contributed by atoms with Crippen molar-refractivity contribution in [3.63, 3.8) is 0 Å². The summed E-state index contributed by atoms with van der Waals surface area (Å²) < 4.78 is 1.12. The van der Waals surface area contributed by atoms with Crippen molar-refractivity contribution in [1.82, 2.24) is 15.1 Å². The molecule has 2 saturated heterocycles. The van der Waals surface area contributed by atoms with Gasteiger partial charge in [-0.1, -0.05) is 6.07 Å². The van der Waals surface area contributed by atoms with E-state index >= 15 is 0 Å². The number of nitrogens with one attached hydrogen (secondary N) is 1. The molecule has 2 fully saturated rings. The molecule has 1 amide bonds. The first-order valence-electron chi connectivity index (χ1n) is 7.23. The van der Waals surface area contributed by atoms with Gasteiger partial charge in [-0.2, -0.15) is 0 Å². The average Bonchev–Trinajstić information content (AvgIpc) is 2.97. The van der Waals surface area contributed by atoms with Gasteiger partial charge in [0.15, 0.2) is 0 Å². The molecule has 1 aromatic carbocycles. The maximum absolute atomic E-state index is 12.5. The molecule has 116 valence electrons. The number of hydrogen-bond donors (Lipinski definition) is 1. The average molecular weight is 422 g/mol. The first kappa shape index (κ1) is 17.0. The van der Waals surface area contributed by atoms with Gasteiger partial charge in [-0.15, -0.1) is 12.4 Å². The lowest BCUT2D eigenvalue weighted by Crippen LogP contribution is -2.49. The summed E-state index contributed by atoms with van der Waals surface area (Å²) in [7, 11) is 0. The van der Waals surface area contributed by atoms with E-state index < -0.39 is 0 Å². The van der Waals surface area contributed by atoms with Gasteiger partial charge in [0.05, 0.1) is 0 Å². The van der Waals surface area contributed by atoms with Gasteiger partial charge >= 0.3 is 0 Å². The highest BCUT2D eigenvalue weighted by atomic mass is 127. The summed E-state index contributed by atoms with van der Waals surface area (Å²) in [4.78, 5) is 17.1. The maximum atomic E-state index is 12.5. The molecule has 2 aliphatic heterocycles. The van der Waals surface area contributed by atoms with E-state index in [2.05, 4.69) is 32.8 Å². The molecule has 0 aromatic heterocycles. The Morgan fingerprint density at radius 2 is 2.00 bits per heavy atom. The maximum Gasteiger partial charge on any atom is 0.253 e. The van der Waals surface area contributed by atoms with Gasteiger partial charge in [-0.25, -0.2) is 0 Å². The number of rotatable bonds is 2. The van der Waals surface area contributed by atoms with Crippen molar-refractivity contribution < 1.29 is 4.79 Å². The number of carbonyl (C=O) groups excluding carboxylic acids is 1. The summed E-state index contributed by atoms with van der Waals surface area (Å²) in [6.07, 6.45) is 1.11. The van der Waals surface area contributed by atoms with Gasteiger partial charge in [-0.05, 0) is 47.2 Å². The number of likely N-dealkylation sites (tertiary alicyclic amines) is 1. The Hall–Kier alpha value is -0.370. The summed E-state index contributed by atoms with van der Waals surface area (Å²) >= 11 is 2.26. The van der Waals surface area contributed by atoms with Crippen molar-refractivity contribution in [2.75, 3.05) is 39.3 Å². The van der Waals surface area contributed by atoms with Crippen LogP contribution in [0.25, 0.3) is 0 Å². The van der Waals surface area contributed by atoms with E-state index in [-0.39, 0.29) is 18.3 Å². The second kappa shape index (κ2) is 7.76. The molecule has 6 heteroatoms. The minimum Gasteiger partial charge on any atom is -0.337 e. The van der Waals surface area contributed by atoms with Crippen LogP contribution in [-0.2, 0) is 0 Å². The smallest absolute Gasteiger partial charge is 0.253 e. The molecule has 4 nitrogen and oxygen atoms in total. The molecule has 1 N–H and O–H groups in total. The predicted octanol–water partition coefficient (Wildman–Crippen LogP) is 1.83. The molecular formula is C15H21ClIN3O. The van der Waals surface area contributed by atoms with E-state index in [9.17, 15) is 4.79 Å². The standard InChI is InChI=1S/C15H20IN3O.ClH/c16-13-3-1-2-12(10-13)15(20)19-7-4-14(11-19)18-8-5-17-6-9-18;/h1-3,10,14,17H,4-9,11H2;1H. The van der Waals surface area contributed by atoms with Crippen molar-refractivity contribution in [2.24, 2.45) is 0 Å². The van der Waals surface area contributed by atoms with Crippen LogP contribution in [0.3, 0.4) is 0 Å². The molecule has 1 aromatic rings. The molecule has 0 saturated carbocycles. The van der Waals surface area contributed by atoms with Crippen LogP contribution in [0.15, 0.2) is 24.3 Å². The molecule has 1 atom stereocenters. The Kier molecular flexibility index (Phi) is 6.28. The fraction of sp³-hybridized carbons (Fsp3) is 0.533. The number of halogens is 2. The van der Waals surface area contributed by atoms with Crippen molar-refractivity contribution in [3.8, 4) is 0 Å². The second-order valence-electron chi connectivity index (χ2n) is 5.49. The molecule has 3 rings (SSSR count). The van der Waals surface area contributed by atoms with E-state index in [1.54, 1.807) is 0 Å². The molecule has 0 spiro atoms. The van der Waals surface area contributed by atoms with E-state index in [0.717, 1.165) is 54.8 Å². The number of amides is 1. The quantitative estimate of drug-likeness (QED) is 0.740. The zero-order chi connectivity index (χ0) is 13.9. The minimum atomic E-state index is 0. The van der Waals surface area contributed by atoms with Crippen LogP contribution >= 0.6 is 35.0 Å². The fourth-order valence-electron chi connectivity index (χ4n) is 3.08. The lowest BCUT2D eigenvalue weighted by atomic mass is 10.2. The summed E-state index contributed by atoms with van der Waals surface area (Å²) in [5, 5.41) is 3.38. The Bertz CT molecular complexity index is 494. The second-order valence-corrected chi connectivity index (χ2v) is 6.74. The van der Waals surface area contributed by atoms with Crippen LogP contribution in [0, 0.1) is 3.57 Å². The first-order valence-corrected chi connectivity index (χ1v) is 8.31. The molecule has 0 bridgehead atoms. The van der Waals surface area contributed by atoms with Crippen LogP contribution in [0.4, 0.5) is 0 Å². The third-order valence-corrected chi connectivity index (χ3v) is 4.86. The van der Waals surface area contributed by atoms with Crippen LogP contribution in [0.5, 0.6) is 0 Å². The Labute approximate surface area is 145 Å². The first-order chi connectivity index (χ1) is 9.74. The number of benzene rings is 1. The van der Waals surface area contributed by atoms with Gasteiger partial charge in [0.1, 0.15) is 0 Å². The molecule has 2 aliphatic rings. The van der Waals surface area contributed by atoms with Gasteiger partial charge in [0.25, 0.3) is 5.91 Å². The number of carbonyl (C=O) groups is 1. The number of piperazine rings is 1. The molecule has 2 heterocycles. The van der Waals surface area contributed by atoms with Crippen LogP contribution in [0.2, 0.25) is 0 Å². The third kappa shape index (κ3) is 4.09. The highest BCUT2D eigenvalue weighted by molar-refractivity contribution is 14.1. The van der Waals surface area contributed by atoms with E-state index in [1.165, 1.54) is 0 Å². The Morgan fingerprint density at radius 1 is 1.24 bits per heavy atom. The van der Waals surface area contributed by atoms with Crippen LogP contribution in [0.1, 0.15) is 16.8 Å². The topological polar surface area (TPSA) is 35.6 Å². The van der Waals surface area contributed by atoms with Gasteiger partial charge in [-0.3, -0.25) is 9.69 Å². The lowest BCUT2D eigenvalue weighted by molar-refractivity contribution is 0.0773. The Balaban J connectivity index is 0.00000161. The van der Waals surface area contributed by atoms with Gasteiger partial charge in [0.2, 0.25) is 0 Å². The predicted molar refractivity (Wildman–Crippen MR) is 95.2 cm³/mol. The van der Waals surface area contributed by atoms with Gasteiger partial charge in [0, 0.05) is 54.4 Å². The Morgan fingerprint density at radius 3 is 2.71 bits per heavy atom. The van der Waals surface area contributed by atoms with Crippen molar-refractivity contribution in [1.29, 1.82) is 0 Å². The number of nitrogens with zero attached hydrogens (tertiary/aromatic N) is 2. The van der Waals surface area contributed by atoms with Crippen molar-refractivity contribution in [2.45, 2.75) is 12.5 Å². The SMILES string of the molecule is Cl.O=C(c1cccc(I)c1)N1CCC(N2CCNCC2)C1. The largest absolute Gasteiger partial charge is 0.337 e. The summed E-state index contributed by atoms with van der Waals surface area (Å²) in [5.74, 6) is 0.182. The highest BCUT2D eigenvalue weighted by Crippen LogP contribution is 2.19. The number of hydrogen-bond acceptors (Lipinski definition) is 3. The molecule has 1 unspecified atom stereocenters. The van der Waals surface area contributed by atoms with Gasteiger partial charge < -0.3 is 10.2 Å². The van der Waals surface area contributed by atoms with E-state index in [4.69, 9.17) is 0 Å². The summed E-state index contributed by atoms with van der Waals surface area (Å²) in [6, 6.07) is 8.41. The van der Waals surface area contributed by atoms with E-state index in [0.29, 0.717) is 6.04 Å². The van der Waals surface area contributed by atoms with Crippen LogP contribution < -0.4 is 5.32 Å². The molecule has 0 radical (unpaired) electrons. The van der Waals surface area contributed by atoms with Crippen LogP contribution in [-0.4, -0.2) is 61.0 Å². The molecule has 0 aliphatic carbocycles. The monoisotopic (exact) mass is 421 g/mol. The zero-order valence-electron chi connectivity index (χ0n) is 11.9. The van der Waals surface area contributed by atoms with Crippen molar-refractivity contribution >= 4 is 40.9 Å². The summed E-state index contributed by atoms with van der Waals surface area (Å²) in [6.45, 7) is 6.12. The molecular weight excluding hydrogens is 401 g/mol. The summed E-state index contributed by atoms with van der Waals surface area (Å²) in [5.41, 5.74) is 0.817. The molecule has 21 heavy (non-hydrogen) atoms. The lowest BCUT2D eigenvalue weighted by Gasteiger charge is -2.32. The normalized spacial score (nSPS) is 22.9. The van der Waals surface area contributed by atoms with E-state index in [1.807, 2.05) is 29.2 Å². The zero-order valence-corrected chi connectivity index (χ0v) is 14.9. The minimum absolute atomic E-state index is 0. The van der Waals surface area contributed by atoms with Crippen molar-refractivity contribution in [3.05, 3.63) is 33.4 Å².